The number of fused-ring (bicyclic) bond motifs is 5. The predicted molar refractivity (Wildman–Crippen MR) is 106 cm³/mol. The van der Waals surface area contributed by atoms with Gasteiger partial charge >= 0.3 is 5.97 Å². The molecule has 0 aromatic heterocycles. The van der Waals surface area contributed by atoms with E-state index >= 15 is 0 Å². The number of allylic oxidation sites excluding steroid dienone is 1. The van der Waals surface area contributed by atoms with E-state index in [4.69, 9.17) is 16.4 Å². The third kappa shape index (κ3) is 2.57. The van der Waals surface area contributed by atoms with Crippen molar-refractivity contribution < 1.29 is 19.8 Å². The number of oxime groups is 1. The molecule has 4 aliphatic carbocycles. The molecule has 3 saturated carbocycles. The average molecular weight is 386 g/mol. The van der Waals surface area contributed by atoms with Crippen LogP contribution in [0.25, 0.3) is 0 Å². The van der Waals surface area contributed by atoms with Crippen molar-refractivity contribution in [1.29, 1.82) is 0 Å². The van der Waals surface area contributed by atoms with Crippen molar-refractivity contribution in [2.75, 3.05) is 0 Å². The number of ether oxygens (including phenoxy) is 1. The normalized spacial score (nSPS) is 46.0. The van der Waals surface area contributed by atoms with E-state index in [9.17, 15) is 9.90 Å². The van der Waals surface area contributed by atoms with Gasteiger partial charge in [-0.25, -0.2) is 0 Å². The quantitative estimate of drug-likeness (QED) is 0.329. The van der Waals surface area contributed by atoms with Crippen LogP contribution in [0, 0.1) is 41.4 Å². The molecule has 0 saturated heterocycles. The maximum atomic E-state index is 11.9. The summed E-state index contributed by atoms with van der Waals surface area (Å²) in [6.45, 7) is 3.62. The Balaban J connectivity index is 1.70. The molecule has 0 amide bonds. The van der Waals surface area contributed by atoms with Crippen molar-refractivity contribution >= 4 is 11.7 Å². The first kappa shape index (κ1) is 19.5. The number of hydrogen-bond donors (Lipinski definition) is 2. The van der Waals surface area contributed by atoms with E-state index in [0.717, 1.165) is 56.9 Å². The fourth-order valence-corrected chi connectivity index (χ4v) is 7.46. The van der Waals surface area contributed by atoms with Gasteiger partial charge in [-0.1, -0.05) is 18.0 Å². The molecule has 0 aromatic carbocycles. The van der Waals surface area contributed by atoms with Crippen molar-refractivity contribution in [2.24, 2.45) is 34.2 Å². The standard InChI is InChI=1S/C23H31NO4/c1-4-22-10-8-17-16-7-6-15(24-27)12-19(16)21(26)13-18(17)20(22)9-11-23(22,5-2)28-14(3)25/h2,12,16-18,20-21,26-27H,4,6-11,13H2,1,3H3. The number of aliphatic hydroxyl groups is 1. The number of hydrogen-bond acceptors (Lipinski definition) is 5. The maximum Gasteiger partial charge on any atom is 0.304 e. The van der Waals surface area contributed by atoms with Gasteiger partial charge in [-0.3, -0.25) is 4.79 Å². The van der Waals surface area contributed by atoms with Gasteiger partial charge in [0.05, 0.1) is 11.8 Å². The lowest BCUT2D eigenvalue weighted by Crippen LogP contribution is -2.56. The van der Waals surface area contributed by atoms with E-state index in [-0.39, 0.29) is 11.4 Å². The molecule has 0 aliphatic heterocycles. The van der Waals surface area contributed by atoms with Gasteiger partial charge in [-0.2, -0.15) is 0 Å². The van der Waals surface area contributed by atoms with Crippen LogP contribution in [0.5, 0.6) is 0 Å². The number of rotatable bonds is 2. The van der Waals surface area contributed by atoms with E-state index in [1.165, 1.54) is 6.92 Å². The smallest absolute Gasteiger partial charge is 0.304 e. The molecule has 28 heavy (non-hydrogen) atoms. The molecule has 0 spiro atoms. The summed E-state index contributed by atoms with van der Waals surface area (Å²) in [6.07, 6.45) is 14.4. The molecule has 4 aliphatic rings. The van der Waals surface area contributed by atoms with Crippen LogP contribution in [0.4, 0.5) is 0 Å². The number of aliphatic hydroxyl groups excluding tert-OH is 1. The Hall–Kier alpha value is -1.80. The second-order valence-electron chi connectivity index (χ2n) is 9.22. The number of nitrogens with zero attached hydrogens (tertiary/aromatic N) is 1. The highest BCUT2D eigenvalue weighted by Crippen LogP contribution is 2.67. The first-order chi connectivity index (χ1) is 13.4. The van der Waals surface area contributed by atoms with Gasteiger partial charge in [0.2, 0.25) is 0 Å². The lowest BCUT2D eigenvalue weighted by molar-refractivity contribution is -0.171. The molecule has 5 heteroatoms. The van der Waals surface area contributed by atoms with Crippen LogP contribution >= 0.6 is 0 Å². The number of esters is 1. The lowest BCUT2D eigenvalue weighted by Gasteiger charge is -2.57. The molecule has 2 N–H and O–H groups in total. The molecule has 152 valence electrons. The highest BCUT2D eigenvalue weighted by Gasteiger charge is 2.66. The summed E-state index contributed by atoms with van der Waals surface area (Å²) in [4.78, 5) is 11.9. The van der Waals surface area contributed by atoms with Crippen molar-refractivity contribution in [1.82, 2.24) is 0 Å². The van der Waals surface area contributed by atoms with E-state index in [0.29, 0.717) is 29.4 Å². The highest BCUT2D eigenvalue weighted by atomic mass is 16.6. The van der Waals surface area contributed by atoms with Gasteiger partial charge in [-0.15, -0.1) is 6.42 Å². The van der Waals surface area contributed by atoms with Crippen molar-refractivity contribution in [3.63, 3.8) is 0 Å². The fraction of sp³-hybridized carbons (Fsp3) is 0.739. The number of terminal acetylenes is 1. The Kier molecular flexibility index (Phi) is 4.82. The van der Waals surface area contributed by atoms with Gasteiger partial charge in [0.1, 0.15) is 0 Å². The fourth-order valence-electron chi connectivity index (χ4n) is 7.46. The van der Waals surface area contributed by atoms with Crippen LogP contribution < -0.4 is 0 Å². The number of carbonyl (C=O) groups excluding carboxylic acids is 1. The largest absolute Gasteiger partial charge is 0.445 e. The summed E-state index contributed by atoms with van der Waals surface area (Å²) in [6, 6.07) is 0. The van der Waals surface area contributed by atoms with E-state index in [1.807, 2.05) is 6.08 Å². The third-order valence-corrected chi connectivity index (χ3v) is 8.49. The Morgan fingerprint density at radius 1 is 1.36 bits per heavy atom. The summed E-state index contributed by atoms with van der Waals surface area (Å²) in [5.74, 6) is 4.25. The minimum Gasteiger partial charge on any atom is -0.445 e. The first-order valence-corrected chi connectivity index (χ1v) is 10.7. The minimum absolute atomic E-state index is 0.193. The average Bonchev–Trinajstić information content (AvgIpc) is 3.02. The predicted octanol–water partition coefficient (Wildman–Crippen LogP) is 3.69. The van der Waals surface area contributed by atoms with E-state index in [2.05, 4.69) is 18.0 Å². The molecule has 3 fully saturated rings. The zero-order valence-electron chi connectivity index (χ0n) is 16.9. The second kappa shape index (κ2) is 6.91. The molecule has 0 aromatic rings. The van der Waals surface area contributed by atoms with Crippen LogP contribution in [0.15, 0.2) is 16.8 Å². The van der Waals surface area contributed by atoms with Crippen LogP contribution in [0.3, 0.4) is 0 Å². The Labute approximate surface area is 167 Å². The van der Waals surface area contributed by atoms with Crippen LogP contribution in [0.2, 0.25) is 0 Å². The summed E-state index contributed by atoms with van der Waals surface area (Å²) < 4.78 is 5.86. The molecule has 7 atom stereocenters. The van der Waals surface area contributed by atoms with Gasteiger partial charge in [-0.05, 0) is 86.7 Å². The molecule has 7 unspecified atom stereocenters. The molecular weight excluding hydrogens is 354 g/mol. The monoisotopic (exact) mass is 385 g/mol. The van der Waals surface area contributed by atoms with Gasteiger partial charge in [0, 0.05) is 12.3 Å². The molecule has 0 bridgehead atoms. The maximum absolute atomic E-state index is 11.9. The summed E-state index contributed by atoms with van der Waals surface area (Å²) in [5.41, 5.74) is 0.713. The molecule has 5 nitrogen and oxygen atoms in total. The molecule has 0 heterocycles. The molecule has 4 rings (SSSR count). The number of carbonyl (C=O) groups is 1. The third-order valence-electron chi connectivity index (χ3n) is 8.49. The molecule has 0 radical (unpaired) electrons. The van der Waals surface area contributed by atoms with Gasteiger partial charge in [0.25, 0.3) is 0 Å². The van der Waals surface area contributed by atoms with Crippen LogP contribution in [-0.4, -0.2) is 33.7 Å². The zero-order chi connectivity index (χ0) is 20.1. The van der Waals surface area contributed by atoms with Gasteiger partial charge < -0.3 is 15.1 Å². The van der Waals surface area contributed by atoms with E-state index in [1.54, 1.807) is 0 Å². The lowest BCUT2D eigenvalue weighted by atomic mass is 9.49. The summed E-state index contributed by atoms with van der Waals surface area (Å²) in [5, 5.41) is 23.5. The van der Waals surface area contributed by atoms with Crippen LogP contribution in [0.1, 0.15) is 65.2 Å². The van der Waals surface area contributed by atoms with Crippen molar-refractivity contribution in [3.05, 3.63) is 11.6 Å². The minimum atomic E-state index is -0.812. The second-order valence-corrected chi connectivity index (χ2v) is 9.22. The van der Waals surface area contributed by atoms with Crippen molar-refractivity contribution in [2.45, 2.75) is 76.9 Å². The topological polar surface area (TPSA) is 79.1 Å². The summed E-state index contributed by atoms with van der Waals surface area (Å²) >= 11 is 0. The van der Waals surface area contributed by atoms with Crippen LogP contribution in [-0.2, 0) is 9.53 Å². The SMILES string of the molecule is C#CC1(OC(C)=O)CCC2C3CC(O)C4=CC(=NO)CCC4C3CCC21CC. The summed E-state index contributed by atoms with van der Waals surface area (Å²) in [7, 11) is 0. The highest BCUT2D eigenvalue weighted by molar-refractivity contribution is 5.96. The van der Waals surface area contributed by atoms with E-state index < -0.39 is 11.7 Å². The van der Waals surface area contributed by atoms with Crippen molar-refractivity contribution in [3.8, 4) is 12.3 Å². The Morgan fingerprint density at radius 3 is 2.79 bits per heavy atom. The zero-order valence-corrected chi connectivity index (χ0v) is 16.9. The molecular formula is C23H31NO4. The Bertz CT molecular complexity index is 765. The van der Waals surface area contributed by atoms with Gasteiger partial charge in [0.15, 0.2) is 5.60 Å². The Morgan fingerprint density at radius 2 is 2.14 bits per heavy atom. The first-order valence-electron chi connectivity index (χ1n) is 10.7.